The van der Waals surface area contributed by atoms with Crippen molar-refractivity contribution in [3.05, 3.63) is 0 Å². The Morgan fingerprint density at radius 2 is 2.08 bits per heavy atom. The molecule has 0 spiro atoms. The van der Waals surface area contributed by atoms with Crippen LogP contribution in [0.3, 0.4) is 0 Å². The molecule has 0 aromatic heterocycles. The predicted octanol–water partition coefficient (Wildman–Crippen LogP) is 0.591. The Kier molecular flexibility index (Phi) is 3.51. The van der Waals surface area contributed by atoms with E-state index in [0.29, 0.717) is 38.8 Å². The van der Waals surface area contributed by atoms with Crippen LogP contribution in [0.5, 0.6) is 0 Å². The van der Waals surface area contributed by atoms with Crippen molar-refractivity contribution < 1.29 is 9.59 Å². The van der Waals surface area contributed by atoms with Gasteiger partial charge in [0.25, 0.3) is 0 Å². The van der Waals surface area contributed by atoms with Crippen LogP contribution in [0.15, 0.2) is 0 Å². The molecule has 1 amide bonds. The molecule has 0 N–H and O–H groups in total. The van der Waals surface area contributed by atoms with Crippen molar-refractivity contribution in [1.82, 2.24) is 4.90 Å². The summed E-state index contributed by atoms with van der Waals surface area (Å²) in [7, 11) is 0. The second kappa shape index (κ2) is 4.66. The van der Waals surface area contributed by atoms with Gasteiger partial charge in [-0.2, -0.15) is 0 Å². The number of piperidine rings is 1. The van der Waals surface area contributed by atoms with Crippen LogP contribution in [0, 0.1) is 12.3 Å². The second-order valence-electron chi connectivity index (χ2n) is 3.12. The highest BCUT2D eigenvalue weighted by atomic mass is 16.2. The zero-order chi connectivity index (χ0) is 9.68. The molecule has 0 saturated carbocycles. The molecule has 0 radical (unpaired) electrons. The maximum atomic E-state index is 11.4. The second-order valence-corrected chi connectivity index (χ2v) is 3.12. The maximum absolute atomic E-state index is 11.4. The summed E-state index contributed by atoms with van der Waals surface area (Å²) in [6.45, 7) is 1.14. The summed E-state index contributed by atoms with van der Waals surface area (Å²) >= 11 is 0. The van der Waals surface area contributed by atoms with E-state index in [1.165, 1.54) is 0 Å². The van der Waals surface area contributed by atoms with Crippen LogP contribution < -0.4 is 0 Å². The van der Waals surface area contributed by atoms with E-state index in [-0.39, 0.29) is 11.7 Å². The van der Waals surface area contributed by atoms with E-state index in [0.717, 1.165) is 0 Å². The number of likely N-dealkylation sites (tertiary alicyclic amines) is 1. The molecule has 3 heteroatoms. The summed E-state index contributed by atoms with van der Waals surface area (Å²) in [6.07, 6.45) is 6.95. The molecule has 3 nitrogen and oxygen atoms in total. The molecule has 0 aliphatic carbocycles. The summed E-state index contributed by atoms with van der Waals surface area (Å²) in [5.41, 5.74) is 0. The SMILES string of the molecule is C#CCCC(=O)N1CCC(=O)CC1. The number of carbonyl (C=O) groups excluding carboxylic acids is 2. The molecular weight excluding hydrogens is 166 g/mol. The smallest absolute Gasteiger partial charge is 0.223 e. The third-order valence-corrected chi connectivity index (χ3v) is 2.16. The van der Waals surface area contributed by atoms with Gasteiger partial charge in [0.15, 0.2) is 0 Å². The molecule has 0 aromatic rings. The zero-order valence-electron chi connectivity index (χ0n) is 7.58. The molecule has 1 aliphatic heterocycles. The number of terminal acetylenes is 1. The first-order chi connectivity index (χ1) is 6.24. The van der Waals surface area contributed by atoms with Gasteiger partial charge in [-0.15, -0.1) is 12.3 Å². The van der Waals surface area contributed by atoms with Gasteiger partial charge in [-0.25, -0.2) is 0 Å². The number of rotatable bonds is 2. The summed E-state index contributed by atoms with van der Waals surface area (Å²) in [5, 5.41) is 0. The Morgan fingerprint density at radius 3 is 2.62 bits per heavy atom. The third-order valence-electron chi connectivity index (χ3n) is 2.16. The van der Waals surface area contributed by atoms with E-state index >= 15 is 0 Å². The topological polar surface area (TPSA) is 37.4 Å². The molecule has 1 aliphatic rings. The molecule has 1 rings (SSSR count). The Morgan fingerprint density at radius 1 is 1.46 bits per heavy atom. The van der Waals surface area contributed by atoms with Crippen molar-refractivity contribution in [2.24, 2.45) is 0 Å². The van der Waals surface area contributed by atoms with E-state index < -0.39 is 0 Å². The number of ketones is 1. The van der Waals surface area contributed by atoms with Crippen molar-refractivity contribution >= 4 is 11.7 Å². The van der Waals surface area contributed by atoms with Crippen molar-refractivity contribution in [2.75, 3.05) is 13.1 Å². The third kappa shape index (κ3) is 2.90. The highest BCUT2D eigenvalue weighted by molar-refractivity contribution is 5.83. The van der Waals surface area contributed by atoms with Crippen LogP contribution >= 0.6 is 0 Å². The molecule has 0 unspecified atom stereocenters. The van der Waals surface area contributed by atoms with Crippen molar-refractivity contribution in [3.63, 3.8) is 0 Å². The first kappa shape index (κ1) is 9.79. The zero-order valence-corrected chi connectivity index (χ0v) is 7.58. The first-order valence-electron chi connectivity index (χ1n) is 4.47. The van der Waals surface area contributed by atoms with Crippen LogP contribution in [0.1, 0.15) is 25.7 Å². The van der Waals surface area contributed by atoms with Gasteiger partial charge in [0, 0.05) is 38.8 Å². The highest BCUT2D eigenvalue weighted by Crippen LogP contribution is 2.07. The quantitative estimate of drug-likeness (QED) is 0.582. The van der Waals surface area contributed by atoms with Gasteiger partial charge < -0.3 is 4.90 Å². The van der Waals surface area contributed by atoms with E-state index in [4.69, 9.17) is 6.42 Å². The van der Waals surface area contributed by atoms with Crippen molar-refractivity contribution in [1.29, 1.82) is 0 Å². The van der Waals surface area contributed by atoms with Crippen molar-refractivity contribution in [2.45, 2.75) is 25.7 Å². The number of Topliss-reactive ketones (excluding diaryl/α,β-unsaturated/α-hetero) is 1. The summed E-state index contributed by atoms with van der Waals surface area (Å²) in [6, 6.07) is 0. The summed E-state index contributed by atoms with van der Waals surface area (Å²) in [4.78, 5) is 24.0. The Labute approximate surface area is 78.1 Å². The standard InChI is InChI=1S/C10H13NO2/c1-2-3-4-10(13)11-7-5-9(12)6-8-11/h1H,3-8H2. The first-order valence-corrected chi connectivity index (χ1v) is 4.47. The van der Waals surface area contributed by atoms with Gasteiger partial charge in [0.2, 0.25) is 5.91 Å². The minimum atomic E-state index is 0.0745. The Bertz CT molecular complexity index is 242. The minimum Gasteiger partial charge on any atom is -0.342 e. The average Bonchev–Trinajstić information content (AvgIpc) is 2.15. The van der Waals surface area contributed by atoms with E-state index in [1.54, 1.807) is 4.90 Å². The molecular formula is C10H13NO2. The molecule has 1 fully saturated rings. The summed E-state index contributed by atoms with van der Waals surface area (Å²) < 4.78 is 0. The fourth-order valence-corrected chi connectivity index (χ4v) is 1.34. The van der Waals surface area contributed by atoms with Gasteiger partial charge in [-0.3, -0.25) is 9.59 Å². The molecule has 0 aromatic carbocycles. The molecule has 70 valence electrons. The minimum absolute atomic E-state index is 0.0745. The van der Waals surface area contributed by atoms with Crippen molar-refractivity contribution in [3.8, 4) is 12.3 Å². The van der Waals surface area contributed by atoms with E-state index in [9.17, 15) is 9.59 Å². The average molecular weight is 179 g/mol. The van der Waals surface area contributed by atoms with Crippen LogP contribution in [-0.2, 0) is 9.59 Å². The normalized spacial score (nSPS) is 16.8. The lowest BCUT2D eigenvalue weighted by atomic mass is 10.1. The van der Waals surface area contributed by atoms with Crippen LogP contribution in [0.2, 0.25) is 0 Å². The van der Waals surface area contributed by atoms with Gasteiger partial charge >= 0.3 is 0 Å². The number of hydrogen-bond acceptors (Lipinski definition) is 2. The lowest BCUT2D eigenvalue weighted by Crippen LogP contribution is -2.38. The molecule has 0 bridgehead atoms. The van der Waals surface area contributed by atoms with Gasteiger partial charge in [-0.05, 0) is 0 Å². The molecule has 1 heterocycles. The Hall–Kier alpha value is -1.30. The number of hydrogen-bond donors (Lipinski definition) is 0. The molecule has 0 atom stereocenters. The highest BCUT2D eigenvalue weighted by Gasteiger charge is 2.19. The maximum Gasteiger partial charge on any atom is 0.223 e. The largest absolute Gasteiger partial charge is 0.342 e. The molecule has 1 saturated heterocycles. The van der Waals surface area contributed by atoms with Gasteiger partial charge in [0.05, 0.1) is 0 Å². The fourth-order valence-electron chi connectivity index (χ4n) is 1.34. The van der Waals surface area contributed by atoms with Gasteiger partial charge in [0.1, 0.15) is 5.78 Å². The Balaban J connectivity index is 2.32. The van der Waals surface area contributed by atoms with Crippen LogP contribution in [-0.4, -0.2) is 29.7 Å². The lowest BCUT2D eigenvalue weighted by molar-refractivity contribution is -0.134. The summed E-state index contributed by atoms with van der Waals surface area (Å²) in [5.74, 6) is 2.76. The fraction of sp³-hybridized carbons (Fsp3) is 0.600. The lowest BCUT2D eigenvalue weighted by Gasteiger charge is -2.25. The predicted molar refractivity (Wildman–Crippen MR) is 48.9 cm³/mol. The van der Waals surface area contributed by atoms with E-state index in [2.05, 4.69) is 5.92 Å². The van der Waals surface area contributed by atoms with E-state index in [1.807, 2.05) is 0 Å². The number of carbonyl (C=O) groups is 2. The number of nitrogens with zero attached hydrogens (tertiary/aromatic N) is 1. The number of amides is 1. The van der Waals surface area contributed by atoms with Gasteiger partial charge in [-0.1, -0.05) is 0 Å². The molecule has 13 heavy (non-hydrogen) atoms. The monoisotopic (exact) mass is 179 g/mol. The van der Waals surface area contributed by atoms with Crippen LogP contribution in [0.25, 0.3) is 0 Å². The van der Waals surface area contributed by atoms with Crippen LogP contribution in [0.4, 0.5) is 0 Å².